The Labute approximate surface area is 154 Å². The Kier molecular flexibility index (Phi) is 4.98. The van der Waals surface area contributed by atoms with E-state index in [1.807, 2.05) is 12.1 Å². The zero-order valence-electron chi connectivity index (χ0n) is 14.8. The van der Waals surface area contributed by atoms with Crippen LogP contribution in [0.2, 0.25) is 0 Å². The third-order valence-corrected chi connectivity index (χ3v) is 4.81. The molecule has 3 rings (SSSR count). The van der Waals surface area contributed by atoms with Crippen molar-refractivity contribution in [3.63, 3.8) is 0 Å². The summed E-state index contributed by atoms with van der Waals surface area (Å²) in [6.45, 7) is 3.47. The van der Waals surface area contributed by atoms with Crippen LogP contribution in [0.5, 0.6) is 5.75 Å². The maximum Gasteiger partial charge on any atom is 0.210 e. The molecule has 0 aromatic heterocycles. The van der Waals surface area contributed by atoms with Crippen molar-refractivity contribution in [3.8, 4) is 5.75 Å². The molecule has 1 aliphatic rings. The van der Waals surface area contributed by atoms with Crippen molar-refractivity contribution in [1.82, 2.24) is 0 Å². The Morgan fingerprint density at radius 3 is 2.15 bits per heavy atom. The molecule has 0 radical (unpaired) electrons. The molecule has 0 bridgehead atoms. The van der Waals surface area contributed by atoms with Gasteiger partial charge in [0.2, 0.25) is 5.78 Å². The zero-order valence-corrected chi connectivity index (χ0v) is 15.6. The van der Waals surface area contributed by atoms with Crippen molar-refractivity contribution in [2.45, 2.75) is 25.2 Å². The highest BCUT2D eigenvalue weighted by Crippen LogP contribution is 2.41. The molecular formula is C20H19O5S-. The molecule has 0 fully saturated rings. The lowest BCUT2D eigenvalue weighted by Crippen LogP contribution is -2.29. The van der Waals surface area contributed by atoms with E-state index in [9.17, 15) is 13.6 Å². The zero-order chi connectivity index (χ0) is 18.9. The molecule has 1 unspecified atom stereocenters. The number of hydrogen-bond acceptors (Lipinski definition) is 5. The quantitative estimate of drug-likeness (QED) is 0.754. The van der Waals surface area contributed by atoms with Crippen molar-refractivity contribution in [2.75, 3.05) is 7.11 Å². The van der Waals surface area contributed by atoms with Crippen LogP contribution in [0.1, 0.15) is 30.5 Å². The maximum absolute atomic E-state index is 12.9. The predicted molar refractivity (Wildman–Crippen MR) is 99.0 cm³/mol. The fourth-order valence-corrected chi connectivity index (χ4v) is 3.33. The molecule has 0 saturated carbocycles. The average Bonchev–Trinajstić information content (AvgIpc) is 2.85. The van der Waals surface area contributed by atoms with E-state index in [0.717, 1.165) is 11.1 Å². The minimum absolute atomic E-state index is 0.0457. The van der Waals surface area contributed by atoms with E-state index in [-0.39, 0.29) is 11.5 Å². The van der Waals surface area contributed by atoms with Gasteiger partial charge in [0.25, 0.3) is 0 Å². The van der Waals surface area contributed by atoms with E-state index in [1.165, 1.54) is 0 Å². The number of ketones is 1. The molecule has 0 saturated heterocycles. The van der Waals surface area contributed by atoms with Crippen LogP contribution in [0.3, 0.4) is 0 Å². The monoisotopic (exact) mass is 371 g/mol. The number of carbonyl (C=O) groups excluding carboxylic acids is 1. The van der Waals surface area contributed by atoms with E-state index in [4.69, 9.17) is 9.47 Å². The molecule has 1 atom stereocenters. The molecule has 5 nitrogen and oxygen atoms in total. The van der Waals surface area contributed by atoms with Gasteiger partial charge in [0.1, 0.15) is 11.5 Å². The number of ether oxygens (including phenoxy) is 2. The SMILES string of the molecule is COc1ccc(C2=C(c3ccc(CS(=O)[O-])cc3)OC(C)(C)C2=O)cc1. The van der Waals surface area contributed by atoms with Gasteiger partial charge in [-0.2, -0.15) is 0 Å². The number of Topliss-reactive ketones (excluding diaryl/α,β-unsaturated/α-hetero) is 1. The van der Waals surface area contributed by atoms with Gasteiger partial charge >= 0.3 is 0 Å². The van der Waals surface area contributed by atoms with Crippen LogP contribution in [-0.4, -0.2) is 27.3 Å². The second-order valence-electron chi connectivity index (χ2n) is 6.52. The predicted octanol–water partition coefficient (Wildman–Crippen LogP) is 3.32. The van der Waals surface area contributed by atoms with Crippen molar-refractivity contribution >= 4 is 28.2 Å². The molecule has 26 heavy (non-hydrogen) atoms. The number of rotatable bonds is 5. The Morgan fingerprint density at radius 1 is 1.04 bits per heavy atom. The molecule has 1 aliphatic heterocycles. The largest absolute Gasteiger partial charge is 0.772 e. The van der Waals surface area contributed by atoms with Crippen LogP contribution in [0, 0.1) is 0 Å². The Morgan fingerprint density at radius 2 is 1.62 bits per heavy atom. The smallest absolute Gasteiger partial charge is 0.210 e. The van der Waals surface area contributed by atoms with Crippen molar-refractivity contribution in [1.29, 1.82) is 0 Å². The van der Waals surface area contributed by atoms with Gasteiger partial charge in [0.15, 0.2) is 5.60 Å². The molecule has 0 spiro atoms. The van der Waals surface area contributed by atoms with Crippen LogP contribution < -0.4 is 4.74 Å². The number of hydrogen-bond donors (Lipinski definition) is 0. The van der Waals surface area contributed by atoms with Gasteiger partial charge in [-0.25, -0.2) is 0 Å². The van der Waals surface area contributed by atoms with Crippen molar-refractivity contribution in [2.24, 2.45) is 0 Å². The minimum Gasteiger partial charge on any atom is -0.772 e. The van der Waals surface area contributed by atoms with Gasteiger partial charge in [-0.1, -0.05) is 47.5 Å². The molecule has 1 heterocycles. The Bertz CT molecular complexity index is 879. The van der Waals surface area contributed by atoms with Crippen LogP contribution in [0.15, 0.2) is 48.5 Å². The lowest BCUT2D eigenvalue weighted by Gasteiger charge is -2.18. The molecule has 2 aromatic rings. The van der Waals surface area contributed by atoms with Gasteiger partial charge in [-0.3, -0.25) is 9.00 Å². The summed E-state index contributed by atoms with van der Waals surface area (Å²) in [5.74, 6) is 1.06. The fourth-order valence-electron chi connectivity index (χ4n) is 2.87. The summed E-state index contributed by atoms with van der Waals surface area (Å²) >= 11 is -2.14. The highest BCUT2D eigenvalue weighted by molar-refractivity contribution is 7.78. The first-order chi connectivity index (χ1) is 12.3. The van der Waals surface area contributed by atoms with Gasteiger partial charge < -0.3 is 14.0 Å². The topological polar surface area (TPSA) is 75.7 Å². The third-order valence-electron chi connectivity index (χ3n) is 4.24. The lowest BCUT2D eigenvalue weighted by molar-refractivity contribution is -0.125. The second-order valence-corrected chi connectivity index (χ2v) is 7.42. The summed E-state index contributed by atoms with van der Waals surface area (Å²) in [6.07, 6.45) is 0. The molecule has 6 heteroatoms. The van der Waals surface area contributed by atoms with Crippen LogP contribution >= 0.6 is 0 Å². The van der Waals surface area contributed by atoms with E-state index < -0.39 is 16.7 Å². The number of carbonyl (C=O) groups is 1. The summed E-state index contributed by atoms with van der Waals surface area (Å²) in [5, 5.41) is 0. The highest BCUT2D eigenvalue weighted by atomic mass is 32.2. The van der Waals surface area contributed by atoms with E-state index in [1.54, 1.807) is 57.4 Å². The number of benzene rings is 2. The molecule has 0 aliphatic carbocycles. The Balaban J connectivity index is 2.05. The van der Waals surface area contributed by atoms with Gasteiger partial charge in [-0.15, -0.1) is 0 Å². The standard InChI is InChI=1S/C20H20O5S/c1-20(2)19(21)17(14-8-10-16(24-3)11-9-14)18(25-20)15-6-4-13(5-7-15)12-26(22)23/h4-11H,12H2,1-3H3,(H,22,23)/p-1. The molecule has 136 valence electrons. The lowest BCUT2D eigenvalue weighted by atomic mass is 9.92. The van der Waals surface area contributed by atoms with Gasteiger partial charge in [-0.05, 0) is 37.1 Å². The molecule has 2 aromatic carbocycles. The normalized spacial score (nSPS) is 17.2. The van der Waals surface area contributed by atoms with Crippen molar-refractivity contribution in [3.05, 3.63) is 65.2 Å². The first-order valence-corrected chi connectivity index (χ1v) is 9.34. The maximum atomic E-state index is 12.9. The van der Waals surface area contributed by atoms with Gasteiger partial charge in [0, 0.05) is 11.3 Å². The van der Waals surface area contributed by atoms with E-state index in [0.29, 0.717) is 22.6 Å². The summed E-state index contributed by atoms with van der Waals surface area (Å²) in [4.78, 5) is 12.9. The first kappa shape index (κ1) is 18.4. The van der Waals surface area contributed by atoms with E-state index >= 15 is 0 Å². The van der Waals surface area contributed by atoms with E-state index in [2.05, 4.69) is 0 Å². The van der Waals surface area contributed by atoms with Crippen LogP contribution in [0.4, 0.5) is 0 Å². The highest BCUT2D eigenvalue weighted by Gasteiger charge is 2.42. The van der Waals surface area contributed by atoms with Crippen molar-refractivity contribution < 1.29 is 23.0 Å². The molecular weight excluding hydrogens is 352 g/mol. The summed E-state index contributed by atoms with van der Waals surface area (Å²) in [7, 11) is 1.59. The second kappa shape index (κ2) is 7.05. The number of methoxy groups -OCH3 is 1. The molecule has 0 amide bonds. The van der Waals surface area contributed by atoms with Gasteiger partial charge in [0.05, 0.1) is 12.7 Å². The fraction of sp³-hybridized carbons (Fsp3) is 0.250. The summed E-state index contributed by atoms with van der Waals surface area (Å²) in [6, 6.07) is 14.2. The average molecular weight is 371 g/mol. The summed E-state index contributed by atoms with van der Waals surface area (Å²) < 4.78 is 32.8. The van der Waals surface area contributed by atoms with Crippen LogP contribution in [0.25, 0.3) is 11.3 Å². The van der Waals surface area contributed by atoms with Crippen LogP contribution in [-0.2, 0) is 26.4 Å². The third kappa shape index (κ3) is 3.57. The first-order valence-electron chi connectivity index (χ1n) is 8.09. The Hall–Kier alpha value is -2.44. The summed E-state index contributed by atoms with van der Waals surface area (Å²) in [5.41, 5.74) is 1.71. The molecule has 0 N–H and O–H groups in total. The minimum atomic E-state index is -2.14.